The molecule has 0 radical (unpaired) electrons. The maximum absolute atomic E-state index is 11.3. The summed E-state index contributed by atoms with van der Waals surface area (Å²) in [5.74, 6) is 0.289. The predicted octanol–water partition coefficient (Wildman–Crippen LogP) is 1.73. The molecule has 0 aliphatic carbocycles. The second-order valence-electron chi connectivity index (χ2n) is 5.77. The first-order chi connectivity index (χ1) is 9.49. The normalized spacial score (nSPS) is 18.4. The number of hydrogen-bond acceptors (Lipinski definition) is 4. The van der Waals surface area contributed by atoms with Gasteiger partial charge in [0.05, 0.1) is 5.41 Å². The van der Waals surface area contributed by atoms with Crippen molar-refractivity contribution in [1.82, 2.24) is 14.6 Å². The molecule has 0 unspecified atom stereocenters. The van der Waals surface area contributed by atoms with E-state index in [2.05, 4.69) is 21.0 Å². The molecule has 3 heterocycles. The van der Waals surface area contributed by atoms with E-state index in [1.165, 1.54) is 0 Å². The lowest BCUT2D eigenvalue weighted by atomic mass is 9.80. The van der Waals surface area contributed by atoms with Crippen molar-refractivity contribution in [1.29, 1.82) is 0 Å². The van der Waals surface area contributed by atoms with E-state index in [1.807, 2.05) is 24.4 Å². The van der Waals surface area contributed by atoms with Gasteiger partial charge in [-0.25, -0.2) is 4.98 Å². The average molecular weight is 274 g/mol. The van der Waals surface area contributed by atoms with Crippen LogP contribution in [0.5, 0.6) is 0 Å². The van der Waals surface area contributed by atoms with Crippen molar-refractivity contribution in [3.63, 3.8) is 0 Å². The van der Waals surface area contributed by atoms with Crippen molar-refractivity contribution in [2.24, 2.45) is 5.41 Å². The molecule has 0 atom stereocenters. The van der Waals surface area contributed by atoms with Crippen molar-refractivity contribution < 1.29 is 9.90 Å². The summed E-state index contributed by atoms with van der Waals surface area (Å²) >= 11 is 0. The third-order valence-electron chi connectivity index (χ3n) is 4.21. The van der Waals surface area contributed by atoms with Gasteiger partial charge in [0, 0.05) is 13.1 Å². The van der Waals surface area contributed by atoms with Crippen molar-refractivity contribution in [3.05, 3.63) is 24.0 Å². The van der Waals surface area contributed by atoms with Crippen LogP contribution in [0, 0.1) is 12.3 Å². The average Bonchev–Trinajstić information content (AvgIpc) is 2.86. The van der Waals surface area contributed by atoms with E-state index >= 15 is 0 Å². The van der Waals surface area contributed by atoms with Crippen LogP contribution in [-0.2, 0) is 4.79 Å². The van der Waals surface area contributed by atoms with E-state index in [0.717, 1.165) is 30.1 Å². The number of pyridine rings is 1. The first-order valence-electron chi connectivity index (χ1n) is 6.78. The molecule has 0 aromatic carbocycles. The summed E-state index contributed by atoms with van der Waals surface area (Å²) in [6.45, 7) is 5.31. The minimum atomic E-state index is -0.702. The third kappa shape index (κ3) is 2.01. The molecule has 2 aromatic heterocycles. The zero-order chi connectivity index (χ0) is 14.3. The fourth-order valence-corrected chi connectivity index (χ4v) is 2.70. The van der Waals surface area contributed by atoms with Crippen LogP contribution in [0.15, 0.2) is 18.5 Å². The molecule has 1 aliphatic heterocycles. The van der Waals surface area contributed by atoms with Gasteiger partial charge in [0.25, 0.3) is 0 Å². The van der Waals surface area contributed by atoms with E-state index in [-0.39, 0.29) is 0 Å². The van der Waals surface area contributed by atoms with E-state index in [9.17, 15) is 9.90 Å². The second-order valence-corrected chi connectivity index (χ2v) is 5.77. The maximum Gasteiger partial charge on any atom is 0.309 e. The van der Waals surface area contributed by atoms with Crippen LogP contribution in [0.3, 0.4) is 0 Å². The number of carboxylic acids is 1. The summed E-state index contributed by atoms with van der Waals surface area (Å²) in [6.07, 6.45) is 2.84. The van der Waals surface area contributed by atoms with Crippen molar-refractivity contribution in [2.75, 3.05) is 18.0 Å². The van der Waals surface area contributed by atoms with Crippen LogP contribution in [0.4, 0.5) is 5.82 Å². The highest BCUT2D eigenvalue weighted by Crippen LogP contribution is 2.33. The molecule has 0 saturated carbocycles. The number of hydrogen-bond donors (Lipinski definition) is 1. The lowest BCUT2D eigenvalue weighted by molar-refractivity contribution is -0.149. The molecule has 2 aromatic rings. The summed E-state index contributed by atoms with van der Waals surface area (Å²) < 4.78 is 1.82. The lowest BCUT2D eigenvalue weighted by Crippen LogP contribution is -2.43. The number of rotatable bonds is 2. The van der Waals surface area contributed by atoms with E-state index in [0.29, 0.717) is 12.8 Å². The molecule has 1 aliphatic rings. The fourth-order valence-electron chi connectivity index (χ4n) is 2.70. The zero-order valence-corrected chi connectivity index (χ0v) is 11.7. The third-order valence-corrected chi connectivity index (χ3v) is 4.21. The molecule has 0 spiro atoms. The lowest BCUT2D eigenvalue weighted by Gasteiger charge is -2.37. The van der Waals surface area contributed by atoms with Gasteiger partial charge in [-0.3, -0.25) is 4.79 Å². The molecule has 20 heavy (non-hydrogen) atoms. The predicted molar refractivity (Wildman–Crippen MR) is 74.9 cm³/mol. The minimum Gasteiger partial charge on any atom is -0.481 e. The van der Waals surface area contributed by atoms with Gasteiger partial charge in [0.1, 0.15) is 12.1 Å². The number of aryl methyl sites for hydroxylation is 1. The Morgan fingerprint density at radius 2 is 2.05 bits per heavy atom. The molecule has 6 nitrogen and oxygen atoms in total. The van der Waals surface area contributed by atoms with Crippen LogP contribution in [0.1, 0.15) is 25.3 Å². The molecular formula is C14H18N4O2. The van der Waals surface area contributed by atoms with Gasteiger partial charge in [0.15, 0.2) is 5.65 Å². The van der Waals surface area contributed by atoms with Crippen LogP contribution in [-0.4, -0.2) is 38.8 Å². The highest BCUT2D eigenvalue weighted by Gasteiger charge is 2.37. The van der Waals surface area contributed by atoms with E-state index in [1.54, 1.807) is 6.33 Å². The number of piperidine rings is 1. The molecule has 1 saturated heterocycles. The van der Waals surface area contributed by atoms with Crippen molar-refractivity contribution in [3.8, 4) is 0 Å². The highest BCUT2D eigenvalue weighted by atomic mass is 16.4. The number of anilines is 1. The number of fused-ring (bicyclic) bond motifs is 1. The van der Waals surface area contributed by atoms with E-state index in [4.69, 9.17) is 0 Å². The minimum absolute atomic E-state index is 0.609. The summed E-state index contributed by atoms with van der Waals surface area (Å²) in [6, 6.07) is 4.06. The smallest absolute Gasteiger partial charge is 0.309 e. The topological polar surface area (TPSA) is 70.7 Å². The summed E-state index contributed by atoms with van der Waals surface area (Å²) in [4.78, 5) is 17.7. The van der Waals surface area contributed by atoms with Crippen molar-refractivity contribution in [2.45, 2.75) is 26.7 Å². The summed E-state index contributed by atoms with van der Waals surface area (Å²) in [5.41, 5.74) is 1.35. The van der Waals surface area contributed by atoms with Gasteiger partial charge >= 0.3 is 5.97 Å². The van der Waals surface area contributed by atoms with Gasteiger partial charge in [-0.2, -0.15) is 9.61 Å². The Labute approximate surface area is 117 Å². The molecule has 106 valence electrons. The molecule has 0 amide bonds. The first-order valence-corrected chi connectivity index (χ1v) is 6.78. The molecule has 1 N–H and O–H groups in total. The molecular weight excluding hydrogens is 256 g/mol. The summed E-state index contributed by atoms with van der Waals surface area (Å²) in [5, 5.41) is 13.5. The standard InChI is InChI=1S/C14H18N4O2/c1-10-7-11-15-9-16-18(11)12(8-10)17-5-3-14(2,4-6-17)13(19)20/h7-9H,3-6H2,1-2H3,(H,19,20). The van der Waals surface area contributed by atoms with E-state index < -0.39 is 11.4 Å². The molecule has 3 rings (SSSR count). The van der Waals surface area contributed by atoms with Gasteiger partial charge in [-0.05, 0) is 44.4 Å². The quantitative estimate of drug-likeness (QED) is 0.903. The first kappa shape index (κ1) is 12.9. The monoisotopic (exact) mass is 274 g/mol. The SMILES string of the molecule is Cc1cc(N2CCC(C)(C(=O)O)CC2)n2ncnc2c1. The second kappa shape index (κ2) is 4.47. The number of nitrogens with zero attached hydrogens (tertiary/aromatic N) is 4. The largest absolute Gasteiger partial charge is 0.481 e. The van der Waals surface area contributed by atoms with Crippen LogP contribution >= 0.6 is 0 Å². The Bertz CT molecular complexity index is 656. The molecule has 6 heteroatoms. The van der Waals surface area contributed by atoms with Gasteiger partial charge in [-0.15, -0.1) is 0 Å². The molecule has 0 bridgehead atoms. The number of carboxylic acid groups (broad SMARTS) is 1. The Balaban J connectivity index is 1.90. The van der Waals surface area contributed by atoms with Crippen LogP contribution in [0.25, 0.3) is 5.65 Å². The van der Waals surface area contributed by atoms with Crippen molar-refractivity contribution >= 4 is 17.4 Å². The Hall–Kier alpha value is -2.11. The highest BCUT2D eigenvalue weighted by molar-refractivity contribution is 5.74. The van der Waals surface area contributed by atoms with Gasteiger partial charge in [-0.1, -0.05) is 0 Å². The Kier molecular flexibility index (Phi) is 2.88. The fraction of sp³-hybridized carbons (Fsp3) is 0.500. The van der Waals surface area contributed by atoms with Crippen LogP contribution in [0.2, 0.25) is 0 Å². The van der Waals surface area contributed by atoms with Crippen LogP contribution < -0.4 is 4.90 Å². The molecule has 1 fully saturated rings. The Morgan fingerprint density at radius 1 is 1.35 bits per heavy atom. The number of carbonyl (C=O) groups is 1. The number of aromatic nitrogens is 3. The van der Waals surface area contributed by atoms with Gasteiger partial charge in [0.2, 0.25) is 0 Å². The zero-order valence-electron chi connectivity index (χ0n) is 11.7. The number of aliphatic carboxylic acids is 1. The summed E-state index contributed by atoms with van der Waals surface area (Å²) in [7, 11) is 0. The maximum atomic E-state index is 11.3. The Morgan fingerprint density at radius 3 is 2.70 bits per heavy atom. The van der Waals surface area contributed by atoms with Gasteiger partial charge < -0.3 is 10.0 Å².